The van der Waals surface area contributed by atoms with Crippen molar-refractivity contribution >= 4 is 35.7 Å². The maximum Gasteiger partial charge on any atom is 0.348 e. The van der Waals surface area contributed by atoms with Crippen molar-refractivity contribution in [2.24, 2.45) is 0 Å². The molecule has 12 heteroatoms. The van der Waals surface area contributed by atoms with Gasteiger partial charge in [0.1, 0.15) is 0 Å². The molecule has 12 nitrogen and oxygen atoms in total. The number of carbonyl (C=O) groups excluding carboxylic acids is 2. The first kappa shape index (κ1) is 26.6. The summed E-state index contributed by atoms with van der Waals surface area (Å²) in [5.41, 5.74) is -8.15. The molecule has 35 heavy (non-hydrogen) atoms. The number of ether oxygens (including phenoxy) is 1. The molecule has 0 aliphatic heterocycles. The SMILES string of the molecule is COc1cc(/C=C/C(=O)C(O)(C(=O)O)C(O)(C(=O)O)C(=O)/C=C/c2ccc(O)c(O)c2)ccc1O. The summed E-state index contributed by atoms with van der Waals surface area (Å²) < 4.78 is 4.88. The van der Waals surface area contributed by atoms with Gasteiger partial charge in [0, 0.05) is 0 Å². The number of hydrogen-bond acceptors (Lipinski definition) is 10. The fraction of sp³-hybridized carbons (Fsp3) is 0.130. The Balaban J connectivity index is 2.49. The number of methoxy groups -OCH3 is 1. The molecular formula is C23H20O12. The summed E-state index contributed by atoms with van der Waals surface area (Å²) in [5.74, 6) is -10.2. The Bertz CT molecular complexity index is 1250. The van der Waals surface area contributed by atoms with E-state index in [9.17, 15) is 54.9 Å². The van der Waals surface area contributed by atoms with Gasteiger partial charge in [-0.25, -0.2) is 9.59 Å². The lowest BCUT2D eigenvalue weighted by Gasteiger charge is -2.33. The molecule has 2 unspecified atom stereocenters. The van der Waals surface area contributed by atoms with Crippen molar-refractivity contribution in [1.82, 2.24) is 0 Å². The molecule has 184 valence electrons. The van der Waals surface area contributed by atoms with Crippen LogP contribution in [0.2, 0.25) is 0 Å². The minimum absolute atomic E-state index is 0.0179. The van der Waals surface area contributed by atoms with Gasteiger partial charge in [-0.1, -0.05) is 24.3 Å². The van der Waals surface area contributed by atoms with Crippen LogP contribution in [0.15, 0.2) is 48.6 Å². The van der Waals surface area contributed by atoms with Crippen LogP contribution in [-0.2, 0) is 19.2 Å². The number of aromatic hydroxyl groups is 3. The number of phenols is 3. The number of hydrogen-bond donors (Lipinski definition) is 7. The van der Waals surface area contributed by atoms with E-state index in [0.29, 0.717) is 12.2 Å². The third kappa shape index (κ3) is 4.98. The second-order valence-electron chi connectivity index (χ2n) is 7.11. The standard InChI is InChI=1S/C23H20O12/c1-35-17-11-13(3-7-15(17)25)5-9-19(28)23(34,21(31)32)22(33,20(29)30)18(27)8-4-12-2-6-14(24)16(26)10-12/h2-11,24-26,33-34H,1H3,(H,29,30)(H,31,32)/b8-4+,9-5+. The molecule has 0 fully saturated rings. The average Bonchev–Trinajstić information content (AvgIpc) is 2.82. The van der Waals surface area contributed by atoms with Gasteiger partial charge in [-0.3, -0.25) is 9.59 Å². The van der Waals surface area contributed by atoms with Gasteiger partial charge in [0.05, 0.1) is 7.11 Å². The molecule has 0 heterocycles. The number of aliphatic hydroxyl groups is 2. The molecule has 0 saturated heterocycles. The van der Waals surface area contributed by atoms with Crippen molar-refractivity contribution < 1.29 is 59.7 Å². The van der Waals surface area contributed by atoms with E-state index < -0.39 is 46.2 Å². The molecule has 0 bridgehead atoms. The predicted molar refractivity (Wildman–Crippen MR) is 118 cm³/mol. The summed E-state index contributed by atoms with van der Waals surface area (Å²) in [6.07, 6.45) is 2.60. The first-order valence-electron chi connectivity index (χ1n) is 9.54. The van der Waals surface area contributed by atoms with Gasteiger partial charge in [0.25, 0.3) is 11.2 Å². The second-order valence-corrected chi connectivity index (χ2v) is 7.11. The van der Waals surface area contributed by atoms with Crippen LogP contribution < -0.4 is 4.74 Å². The molecule has 2 atom stereocenters. The largest absolute Gasteiger partial charge is 0.504 e. The maximum absolute atomic E-state index is 12.7. The minimum Gasteiger partial charge on any atom is -0.504 e. The number of carboxylic acid groups (broad SMARTS) is 2. The molecule has 0 aromatic heterocycles. The zero-order valence-corrected chi connectivity index (χ0v) is 17.9. The molecule has 0 spiro atoms. The Kier molecular flexibility index (Phi) is 7.65. The van der Waals surface area contributed by atoms with Crippen LogP contribution in [0.1, 0.15) is 11.1 Å². The Hall–Kier alpha value is -4.68. The number of carbonyl (C=O) groups is 4. The van der Waals surface area contributed by atoms with Crippen molar-refractivity contribution in [3.63, 3.8) is 0 Å². The summed E-state index contributed by atoms with van der Waals surface area (Å²) in [5, 5.41) is 68.5. The lowest BCUT2D eigenvalue weighted by atomic mass is 9.76. The fourth-order valence-electron chi connectivity index (χ4n) is 2.90. The summed E-state index contributed by atoms with van der Waals surface area (Å²) in [4.78, 5) is 48.9. The highest BCUT2D eigenvalue weighted by atomic mass is 16.5. The van der Waals surface area contributed by atoms with Gasteiger partial charge >= 0.3 is 11.9 Å². The fourth-order valence-corrected chi connectivity index (χ4v) is 2.90. The van der Waals surface area contributed by atoms with E-state index in [1.807, 2.05) is 0 Å². The number of aliphatic carboxylic acids is 2. The zero-order chi connectivity index (χ0) is 26.6. The van der Waals surface area contributed by atoms with Crippen LogP contribution >= 0.6 is 0 Å². The third-order valence-corrected chi connectivity index (χ3v) is 4.91. The first-order chi connectivity index (χ1) is 16.3. The molecule has 0 saturated carbocycles. The molecule has 7 N–H and O–H groups in total. The van der Waals surface area contributed by atoms with Crippen molar-refractivity contribution in [3.05, 3.63) is 59.7 Å². The third-order valence-electron chi connectivity index (χ3n) is 4.91. The summed E-state index contributed by atoms with van der Waals surface area (Å²) >= 11 is 0. The number of ketones is 2. The van der Waals surface area contributed by atoms with Crippen molar-refractivity contribution in [2.75, 3.05) is 7.11 Å². The molecule has 2 aromatic carbocycles. The predicted octanol–water partition coefficient (Wildman–Crippen LogP) is 0.308. The normalized spacial score (nSPS) is 14.8. The Morgan fingerprint density at radius 2 is 1.14 bits per heavy atom. The quantitative estimate of drug-likeness (QED) is 0.136. The topological polar surface area (TPSA) is 219 Å². The Morgan fingerprint density at radius 1 is 0.714 bits per heavy atom. The molecule has 0 amide bonds. The van der Waals surface area contributed by atoms with Gasteiger partial charge in [0.2, 0.25) is 11.6 Å². The molecular weight excluding hydrogens is 468 g/mol. The minimum atomic E-state index is -4.16. The highest BCUT2D eigenvalue weighted by Crippen LogP contribution is 2.30. The molecule has 2 aromatic rings. The number of phenolic OH excluding ortho intramolecular Hbond substituents is 3. The maximum atomic E-state index is 12.7. The van der Waals surface area contributed by atoms with E-state index in [1.54, 1.807) is 0 Å². The highest BCUT2D eigenvalue weighted by Gasteiger charge is 2.68. The van der Waals surface area contributed by atoms with Crippen LogP contribution in [0.3, 0.4) is 0 Å². The summed E-state index contributed by atoms with van der Waals surface area (Å²) in [6.45, 7) is 0. The van der Waals surface area contributed by atoms with Crippen molar-refractivity contribution in [3.8, 4) is 23.0 Å². The van der Waals surface area contributed by atoms with Crippen LogP contribution in [0.25, 0.3) is 12.2 Å². The molecule has 0 aliphatic rings. The Morgan fingerprint density at radius 3 is 1.54 bits per heavy atom. The first-order valence-corrected chi connectivity index (χ1v) is 9.54. The van der Waals surface area contributed by atoms with E-state index in [4.69, 9.17) is 4.74 Å². The van der Waals surface area contributed by atoms with Gasteiger partial charge in [0.15, 0.2) is 23.0 Å². The lowest BCUT2D eigenvalue weighted by Crippen LogP contribution is -2.71. The highest BCUT2D eigenvalue weighted by molar-refractivity contribution is 6.27. The van der Waals surface area contributed by atoms with Gasteiger partial charge in [-0.15, -0.1) is 0 Å². The summed E-state index contributed by atoms with van der Waals surface area (Å²) in [7, 11) is 1.24. The van der Waals surface area contributed by atoms with E-state index in [0.717, 1.165) is 24.3 Å². The number of benzene rings is 2. The molecule has 0 radical (unpaired) electrons. The van der Waals surface area contributed by atoms with Gasteiger partial charge in [-0.2, -0.15) is 0 Å². The lowest BCUT2D eigenvalue weighted by molar-refractivity contribution is -0.204. The Labute approximate surface area is 196 Å². The van der Waals surface area contributed by atoms with Gasteiger partial charge < -0.3 is 40.5 Å². The van der Waals surface area contributed by atoms with Crippen LogP contribution in [-0.4, -0.2) is 77.6 Å². The van der Waals surface area contributed by atoms with Crippen LogP contribution in [0, 0.1) is 0 Å². The van der Waals surface area contributed by atoms with E-state index >= 15 is 0 Å². The van der Waals surface area contributed by atoms with Crippen LogP contribution in [0.4, 0.5) is 0 Å². The molecule has 2 rings (SSSR count). The van der Waals surface area contributed by atoms with E-state index in [1.165, 1.54) is 31.4 Å². The monoisotopic (exact) mass is 488 g/mol. The van der Waals surface area contributed by atoms with E-state index in [-0.39, 0.29) is 22.6 Å². The van der Waals surface area contributed by atoms with Crippen LogP contribution in [0.5, 0.6) is 23.0 Å². The van der Waals surface area contributed by atoms with Crippen molar-refractivity contribution in [2.45, 2.75) is 11.2 Å². The zero-order valence-electron chi connectivity index (χ0n) is 17.9. The molecule has 0 aliphatic carbocycles. The number of carboxylic acids is 2. The second kappa shape index (κ2) is 10.1. The van der Waals surface area contributed by atoms with E-state index in [2.05, 4.69) is 0 Å². The average molecular weight is 488 g/mol. The number of rotatable bonds is 10. The van der Waals surface area contributed by atoms with Gasteiger partial charge in [-0.05, 0) is 47.5 Å². The smallest absolute Gasteiger partial charge is 0.348 e. The van der Waals surface area contributed by atoms with Crippen molar-refractivity contribution in [1.29, 1.82) is 0 Å². The summed E-state index contributed by atoms with van der Waals surface area (Å²) in [6, 6.07) is 6.84.